The molecule has 0 aliphatic carbocycles. The van der Waals surface area contributed by atoms with Crippen molar-refractivity contribution >= 4 is 11.6 Å². The van der Waals surface area contributed by atoms with Gasteiger partial charge in [-0.3, -0.25) is 4.79 Å². The van der Waals surface area contributed by atoms with E-state index in [2.05, 4.69) is 11.2 Å². The Morgan fingerprint density at radius 2 is 2.41 bits per heavy atom. The van der Waals surface area contributed by atoms with E-state index in [1.165, 1.54) is 4.90 Å². The van der Waals surface area contributed by atoms with Crippen LogP contribution in [-0.2, 0) is 9.63 Å². The van der Waals surface area contributed by atoms with Gasteiger partial charge in [0.25, 0.3) is 0 Å². The first-order valence-corrected chi connectivity index (χ1v) is 5.65. The van der Waals surface area contributed by atoms with Crippen LogP contribution in [0.4, 0.5) is 0 Å². The third-order valence-electron chi connectivity index (χ3n) is 2.50. The Kier molecular flexibility index (Phi) is 4.91. The number of carbonyl (C=O) groups excluding carboxylic acids is 1. The molecule has 1 aliphatic rings. The van der Waals surface area contributed by atoms with Gasteiger partial charge in [-0.05, 0) is 26.7 Å². The zero-order chi connectivity index (χ0) is 12.8. The maximum atomic E-state index is 11.9. The molecule has 94 valence electrons. The molecule has 2 atom stereocenters. The summed E-state index contributed by atoms with van der Waals surface area (Å²) >= 11 is 0. The largest absolute Gasteiger partial charge is 0.394 e. The van der Waals surface area contributed by atoms with Crippen LogP contribution in [0.1, 0.15) is 26.7 Å². The Labute approximate surface area is 101 Å². The van der Waals surface area contributed by atoms with Crippen molar-refractivity contribution < 1.29 is 9.63 Å². The van der Waals surface area contributed by atoms with E-state index >= 15 is 0 Å². The van der Waals surface area contributed by atoms with E-state index in [4.69, 9.17) is 15.8 Å². The fourth-order valence-electron chi connectivity index (χ4n) is 1.70. The molecule has 0 unspecified atom stereocenters. The lowest BCUT2D eigenvalue weighted by atomic mass is 10.2. The van der Waals surface area contributed by atoms with Gasteiger partial charge in [0.15, 0.2) is 0 Å². The van der Waals surface area contributed by atoms with Gasteiger partial charge in [-0.25, -0.2) is 0 Å². The highest BCUT2D eigenvalue weighted by Crippen LogP contribution is 2.17. The predicted octanol–water partition coefficient (Wildman–Crippen LogP) is 0.241. The first kappa shape index (κ1) is 13.5. The van der Waals surface area contributed by atoms with E-state index in [1.54, 1.807) is 13.8 Å². The molecule has 1 heterocycles. The lowest BCUT2D eigenvalue weighted by molar-refractivity contribution is -0.134. The summed E-state index contributed by atoms with van der Waals surface area (Å²) in [5.74, 6) is -0.238. The number of hydrogen-bond acceptors (Lipinski definition) is 5. The molecular formula is C11H18N4O2. The van der Waals surface area contributed by atoms with Crippen LogP contribution in [0.2, 0.25) is 0 Å². The molecule has 1 fully saturated rings. The summed E-state index contributed by atoms with van der Waals surface area (Å²) in [4.78, 5) is 18.4. The Morgan fingerprint density at radius 3 is 3.00 bits per heavy atom. The Bertz CT molecular complexity index is 344. The van der Waals surface area contributed by atoms with Crippen LogP contribution in [0.3, 0.4) is 0 Å². The summed E-state index contributed by atoms with van der Waals surface area (Å²) in [6.07, 6.45) is 1.58. The molecule has 0 aromatic heterocycles. The molecule has 2 N–H and O–H groups in total. The first-order chi connectivity index (χ1) is 8.06. The summed E-state index contributed by atoms with van der Waals surface area (Å²) in [6, 6.07) is 1.01. The topological polar surface area (TPSA) is 91.7 Å². The number of nitrogens with two attached hydrogens (primary N) is 1. The quantitative estimate of drug-likeness (QED) is 0.561. The molecule has 1 amide bonds. The van der Waals surface area contributed by atoms with Crippen LogP contribution in [0.25, 0.3) is 0 Å². The Balaban J connectivity index is 2.46. The van der Waals surface area contributed by atoms with Gasteiger partial charge in [0.2, 0.25) is 5.91 Å². The van der Waals surface area contributed by atoms with E-state index in [0.717, 1.165) is 18.6 Å². The maximum absolute atomic E-state index is 11.9. The fourth-order valence-corrected chi connectivity index (χ4v) is 1.70. The van der Waals surface area contributed by atoms with E-state index < -0.39 is 6.04 Å². The van der Waals surface area contributed by atoms with E-state index in [0.29, 0.717) is 6.54 Å². The van der Waals surface area contributed by atoms with Crippen molar-refractivity contribution in [2.24, 2.45) is 10.9 Å². The molecular weight excluding hydrogens is 220 g/mol. The third-order valence-corrected chi connectivity index (χ3v) is 2.50. The number of likely N-dealkylation sites (tertiary alicyclic amines) is 1. The number of rotatable bonds is 4. The lowest BCUT2D eigenvalue weighted by Crippen LogP contribution is -2.47. The van der Waals surface area contributed by atoms with E-state index in [1.807, 2.05) is 0 Å². The molecule has 1 saturated heterocycles. The minimum absolute atomic E-state index is 0.0403. The molecule has 6 nitrogen and oxygen atoms in total. The summed E-state index contributed by atoms with van der Waals surface area (Å²) in [5.41, 5.74) is 6.47. The summed E-state index contributed by atoms with van der Waals surface area (Å²) in [6.45, 7) is 4.22. The second kappa shape index (κ2) is 6.21. The van der Waals surface area contributed by atoms with Crippen LogP contribution in [0, 0.1) is 11.3 Å². The maximum Gasteiger partial charge on any atom is 0.244 e. The molecule has 0 aromatic rings. The van der Waals surface area contributed by atoms with Crippen molar-refractivity contribution in [2.45, 2.75) is 38.8 Å². The molecule has 0 aromatic carbocycles. The minimum Gasteiger partial charge on any atom is -0.394 e. The van der Waals surface area contributed by atoms with Crippen molar-refractivity contribution in [1.29, 1.82) is 5.26 Å². The van der Waals surface area contributed by atoms with Crippen LogP contribution in [0.15, 0.2) is 5.16 Å². The van der Waals surface area contributed by atoms with Gasteiger partial charge in [0.05, 0.1) is 11.8 Å². The SMILES string of the molecule is CC(C)=NOC[C@H](N)C(=O)N1CCC[C@H]1C#N. The van der Waals surface area contributed by atoms with Crippen molar-refractivity contribution in [3.63, 3.8) is 0 Å². The summed E-state index contributed by atoms with van der Waals surface area (Å²) < 4.78 is 0. The monoisotopic (exact) mass is 238 g/mol. The predicted molar refractivity (Wildman–Crippen MR) is 63.1 cm³/mol. The number of nitriles is 1. The van der Waals surface area contributed by atoms with Crippen molar-refractivity contribution in [1.82, 2.24) is 4.90 Å². The molecule has 0 radical (unpaired) electrons. The molecule has 17 heavy (non-hydrogen) atoms. The van der Waals surface area contributed by atoms with Gasteiger partial charge < -0.3 is 15.5 Å². The number of hydrogen-bond donors (Lipinski definition) is 1. The molecule has 6 heteroatoms. The first-order valence-electron chi connectivity index (χ1n) is 5.65. The van der Waals surface area contributed by atoms with E-state index in [-0.39, 0.29) is 18.6 Å². The number of oxime groups is 1. The van der Waals surface area contributed by atoms with Crippen molar-refractivity contribution in [2.75, 3.05) is 13.2 Å². The molecule has 1 rings (SSSR count). The number of nitrogens with zero attached hydrogens (tertiary/aromatic N) is 3. The van der Waals surface area contributed by atoms with Crippen molar-refractivity contribution in [3.05, 3.63) is 0 Å². The highest BCUT2D eigenvalue weighted by Gasteiger charge is 2.31. The van der Waals surface area contributed by atoms with E-state index in [9.17, 15) is 4.79 Å². The lowest BCUT2D eigenvalue weighted by Gasteiger charge is -2.22. The summed E-state index contributed by atoms with van der Waals surface area (Å²) in [7, 11) is 0. The summed E-state index contributed by atoms with van der Waals surface area (Å²) in [5, 5.41) is 12.6. The zero-order valence-corrected chi connectivity index (χ0v) is 10.2. The van der Waals surface area contributed by atoms with Crippen LogP contribution in [0.5, 0.6) is 0 Å². The second-order valence-corrected chi connectivity index (χ2v) is 4.26. The number of amides is 1. The average Bonchev–Trinajstić information content (AvgIpc) is 2.75. The van der Waals surface area contributed by atoms with Crippen molar-refractivity contribution in [3.8, 4) is 6.07 Å². The molecule has 0 spiro atoms. The van der Waals surface area contributed by atoms with Gasteiger partial charge in [0, 0.05) is 6.54 Å². The van der Waals surface area contributed by atoms with Gasteiger partial charge in [-0.2, -0.15) is 5.26 Å². The number of carbonyl (C=O) groups is 1. The Morgan fingerprint density at radius 1 is 1.71 bits per heavy atom. The van der Waals surface area contributed by atoms with Gasteiger partial charge in [-0.15, -0.1) is 0 Å². The second-order valence-electron chi connectivity index (χ2n) is 4.26. The Hall–Kier alpha value is -1.61. The normalized spacial score (nSPS) is 20.6. The van der Waals surface area contributed by atoms with Crippen LogP contribution >= 0.6 is 0 Å². The molecule has 1 aliphatic heterocycles. The highest BCUT2D eigenvalue weighted by atomic mass is 16.6. The molecule has 0 bridgehead atoms. The highest BCUT2D eigenvalue weighted by molar-refractivity contribution is 5.82. The van der Waals surface area contributed by atoms with Gasteiger partial charge >= 0.3 is 0 Å². The molecule has 0 saturated carbocycles. The fraction of sp³-hybridized carbons (Fsp3) is 0.727. The van der Waals surface area contributed by atoms with Crippen LogP contribution in [-0.4, -0.2) is 41.8 Å². The van der Waals surface area contributed by atoms with Gasteiger partial charge in [0.1, 0.15) is 18.7 Å². The standard InChI is InChI=1S/C11H18N4O2/c1-8(2)14-17-7-10(13)11(16)15-5-3-4-9(15)6-12/h9-10H,3-5,7,13H2,1-2H3/t9-,10-/m0/s1. The van der Waals surface area contributed by atoms with Crippen LogP contribution < -0.4 is 5.73 Å². The minimum atomic E-state index is -0.757. The van der Waals surface area contributed by atoms with Gasteiger partial charge in [-0.1, -0.05) is 5.16 Å². The smallest absolute Gasteiger partial charge is 0.244 e. The zero-order valence-electron chi connectivity index (χ0n) is 10.2. The average molecular weight is 238 g/mol. The third kappa shape index (κ3) is 3.71.